The van der Waals surface area contributed by atoms with Crippen LogP contribution in [0, 0.1) is 6.92 Å². The van der Waals surface area contributed by atoms with Crippen LogP contribution in [0.1, 0.15) is 44.6 Å². The molecule has 0 bridgehead atoms. The van der Waals surface area contributed by atoms with E-state index in [2.05, 4.69) is 57.8 Å². The summed E-state index contributed by atoms with van der Waals surface area (Å²) in [5.74, 6) is 0.686. The molecule has 0 saturated carbocycles. The third-order valence-electron chi connectivity index (χ3n) is 6.10. The molecular formula is C24H28N6O2. The summed E-state index contributed by atoms with van der Waals surface area (Å²) in [4.78, 5) is 27.0. The van der Waals surface area contributed by atoms with Crippen molar-refractivity contribution in [3.63, 3.8) is 0 Å². The third-order valence-corrected chi connectivity index (χ3v) is 6.10. The van der Waals surface area contributed by atoms with E-state index in [1.165, 1.54) is 0 Å². The van der Waals surface area contributed by atoms with E-state index in [-0.39, 0.29) is 11.9 Å². The van der Waals surface area contributed by atoms with Crippen molar-refractivity contribution in [2.45, 2.75) is 52.3 Å². The fourth-order valence-electron chi connectivity index (χ4n) is 4.71. The van der Waals surface area contributed by atoms with E-state index < -0.39 is 6.10 Å². The minimum atomic E-state index is -0.564. The lowest BCUT2D eigenvalue weighted by atomic mass is 10.1. The maximum Gasteiger partial charge on any atom is 0.220 e. The minimum Gasteiger partial charge on any atom is -0.391 e. The molecule has 0 spiro atoms. The number of likely N-dealkylation sites (tertiary alicyclic amines) is 1. The Morgan fingerprint density at radius 3 is 2.72 bits per heavy atom. The number of β-amino-alcohol motifs (C(OH)–C–C–N with tert-alkyl or cyclic N) is 1. The van der Waals surface area contributed by atoms with E-state index in [0.29, 0.717) is 19.0 Å². The summed E-state index contributed by atoms with van der Waals surface area (Å²) in [5, 5.41) is 13.8. The molecule has 1 aromatic carbocycles. The number of fused-ring (bicyclic) bond motifs is 3. The normalized spacial score (nSPS) is 18.9. The van der Waals surface area contributed by atoms with Gasteiger partial charge in [0.25, 0.3) is 0 Å². The van der Waals surface area contributed by atoms with Crippen molar-refractivity contribution in [3.8, 4) is 11.3 Å². The van der Waals surface area contributed by atoms with Gasteiger partial charge in [0.2, 0.25) is 5.91 Å². The number of hydrogen-bond acceptors (Lipinski definition) is 5. The second-order valence-electron chi connectivity index (χ2n) is 8.92. The van der Waals surface area contributed by atoms with E-state index >= 15 is 0 Å². The van der Waals surface area contributed by atoms with Crippen LogP contribution in [0.4, 0.5) is 5.69 Å². The predicted molar refractivity (Wildman–Crippen MR) is 125 cm³/mol. The molecule has 3 aromatic heterocycles. The van der Waals surface area contributed by atoms with Crippen molar-refractivity contribution in [2.24, 2.45) is 0 Å². The smallest absolute Gasteiger partial charge is 0.220 e. The number of aliphatic hydroxyl groups excluding tert-OH is 1. The third kappa shape index (κ3) is 3.31. The number of imidazole rings is 1. The topological polar surface area (TPSA) is 98.6 Å². The molecule has 0 radical (unpaired) electrons. The lowest BCUT2D eigenvalue weighted by molar-refractivity contribution is -0.130. The van der Waals surface area contributed by atoms with E-state index in [0.717, 1.165) is 45.0 Å². The van der Waals surface area contributed by atoms with Gasteiger partial charge in [0, 0.05) is 43.4 Å². The van der Waals surface area contributed by atoms with Gasteiger partial charge in [-0.2, -0.15) is 0 Å². The highest BCUT2D eigenvalue weighted by molar-refractivity contribution is 5.86. The number of aryl methyl sites for hydroxylation is 1. The van der Waals surface area contributed by atoms with Gasteiger partial charge in [0.1, 0.15) is 5.82 Å². The largest absolute Gasteiger partial charge is 0.391 e. The SMILES string of the molecule is CC(=O)N1C[C@H](O)C[C@@H]1c1nc(-c2ccc(NC(C)C)cc2)c2cnc3[nH]cc(C)c3n12. The number of benzene rings is 1. The fourth-order valence-corrected chi connectivity index (χ4v) is 4.71. The van der Waals surface area contributed by atoms with Crippen LogP contribution in [0.25, 0.3) is 27.9 Å². The average molecular weight is 433 g/mol. The van der Waals surface area contributed by atoms with Crippen molar-refractivity contribution in [3.05, 3.63) is 48.0 Å². The molecule has 2 atom stereocenters. The van der Waals surface area contributed by atoms with Gasteiger partial charge < -0.3 is 20.3 Å². The summed E-state index contributed by atoms with van der Waals surface area (Å²) < 4.78 is 2.10. The highest BCUT2D eigenvalue weighted by atomic mass is 16.3. The zero-order valence-corrected chi connectivity index (χ0v) is 18.8. The van der Waals surface area contributed by atoms with E-state index in [9.17, 15) is 9.90 Å². The number of carbonyl (C=O) groups excluding carboxylic acids is 1. The molecule has 4 aromatic rings. The summed E-state index contributed by atoms with van der Waals surface area (Å²) in [5.41, 5.74) is 6.48. The van der Waals surface area contributed by atoms with Gasteiger partial charge in [-0.15, -0.1) is 0 Å². The molecule has 8 heteroatoms. The predicted octanol–water partition coefficient (Wildman–Crippen LogP) is 3.66. The first-order valence-electron chi connectivity index (χ1n) is 11.0. The van der Waals surface area contributed by atoms with Crippen LogP contribution in [-0.4, -0.2) is 54.0 Å². The van der Waals surface area contributed by atoms with Crippen LogP contribution in [0.2, 0.25) is 0 Å². The van der Waals surface area contributed by atoms with Crippen molar-refractivity contribution >= 4 is 28.3 Å². The number of nitrogens with zero attached hydrogens (tertiary/aromatic N) is 4. The van der Waals surface area contributed by atoms with E-state index in [1.807, 2.05) is 19.3 Å². The number of aromatic amines is 1. The van der Waals surface area contributed by atoms with E-state index in [4.69, 9.17) is 4.98 Å². The Balaban J connectivity index is 1.73. The van der Waals surface area contributed by atoms with Crippen molar-refractivity contribution in [1.29, 1.82) is 0 Å². The lowest BCUT2D eigenvalue weighted by Gasteiger charge is -2.22. The van der Waals surface area contributed by atoms with Crippen LogP contribution >= 0.6 is 0 Å². The van der Waals surface area contributed by atoms with Gasteiger partial charge in [-0.05, 0) is 38.5 Å². The number of amides is 1. The Morgan fingerprint density at radius 1 is 1.28 bits per heavy atom. The highest BCUT2D eigenvalue weighted by Gasteiger charge is 2.37. The molecule has 1 amide bonds. The Morgan fingerprint density at radius 2 is 2.03 bits per heavy atom. The number of aliphatic hydroxyl groups is 1. The van der Waals surface area contributed by atoms with Crippen molar-refractivity contribution < 1.29 is 9.90 Å². The molecular weight excluding hydrogens is 404 g/mol. The Bertz CT molecular complexity index is 1300. The number of anilines is 1. The maximum atomic E-state index is 12.3. The number of carbonyl (C=O) groups is 1. The molecule has 8 nitrogen and oxygen atoms in total. The molecule has 5 rings (SSSR count). The minimum absolute atomic E-state index is 0.0648. The summed E-state index contributed by atoms with van der Waals surface area (Å²) in [7, 11) is 0. The quantitative estimate of drug-likeness (QED) is 0.457. The first-order chi connectivity index (χ1) is 15.3. The zero-order chi connectivity index (χ0) is 22.6. The van der Waals surface area contributed by atoms with Crippen LogP contribution < -0.4 is 5.32 Å². The summed E-state index contributed by atoms with van der Waals surface area (Å²) in [6, 6.07) is 8.25. The standard InChI is InChI=1S/C24H28N6O2/c1-13(2)27-17-7-5-16(6-8-17)21-20-11-26-23-22(14(3)10-25-23)30(20)24(28-21)19-9-18(32)12-29(19)15(4)31/h5-8,10-11,13,18-19,25,27,32H,9,12H2,1-4H3/t18-,19-/m1/s1. The highest BCUT2D eigenvalue weighted by Crippen LogP contribution is 2.37. The van der Waals surface area contributed by atoms with Crippen LogP contribution in [-0.2, 0) is 4.79 Å². The molecule has 32 heavy (non-hydrogen) atoms. The molecule has 1 saturated heterocycles. The van der Waals surface area contributed by atoms with Crippen molar-refractivity contribution in [1.82, 2.24) is 24.3 Å². The molecule has 1 aliphatic rings. The number of aromatic nitrogens is 4. The first-order valence-corrected chi connectivity index (χ1v) is 11.0. The van der Waals surface area contributed by atoms with Gasteiger partial charge in [0.05, 0.1) is 35.1 Å². The molecule has 166 valence electrons. The molecule has 3 N–H and O–H groups in total. The fraction of sp³-hybridized carbons (Fsp3) is 0.375. The molecule has 4 heterocycles. The summed E-state index contributed by atoms with van der Waals surface area (Å²) >= 11 is 0. The lowest BCUT2D eigenvalue weighted by Crippen LogP contribution is -2.30. The molecule has 1 aliphatic heterocycles. The number of nitrogens with one attached hydrogen (secondary N) is 2. The molecule has 1 fully saturated rings. The summed E-state index contributed by atoms with van der Waals surface area (Å²) in [6.45, 7) is 8.11. The summed E-state index contributed by atoms with van der Waals surface area (Å²) in [6.07, 6.45) is 3.65. The zero-order valence-electron chi connectivity index (χ0n) is 18.8. The van der Waals surface area contributed by atoms with Gasteiger partial charge in [-0.25, -0.2) is 9.97 Å². The van der Waals surface area contributed by atoms with Crippen molar-refractivity contribution in [2.75, 3.05) is 11.9 Å². The van der Waals surface area contributed by atoms with Gasteiger partial charge >= 0.3 is 0 Å². The van der Waals surface area contributed by atoms with Gasteiger partial charge in [0.15, 0.2) is 5.65 Å². The first kappa shape index (κ1) is 20.5. The van der Waals surface area contributed by atoms with Crippen LogP contribution in [0.5, 0.6) is 0 Å². The van der Waals surface area contributed by atoms with Crippen LogP contribution in [0.3, 0.4) is 0 Å². The Kier molecular flexibility index (Phi) is 4.89. The van der Waals surface area contributed by atoms with Gasteiger partial charge in [-0.3, -0.25) is 9.20 Å². The van der Waals surface area contributed by atoms with Gasteiger partial charge in [-0.1, -0.05) is 12.1 Å². The molecule has 0 aliphatic carbocycles. The number of H-pyrrole nitrogens is 1. The number of hydrogen-bond donors (Lipinski definition) is 3. The Labute approximate surface area is 186 Å². The molecule has 0 unspecified atom stereocenters. The second-order valence-corrected chi connectivity index (χ2v) is 8.92. The average Bonchev–Trinajstić information content (AvgIpc) is 3.43. The van der Waals surface area contributed by atoms with Crippen LogP contribution in [0.15, 0.2) is 36.7 Å². The Hall–Kier alpha value is -3.39. The number of rotatable bonds is 4. The second kappa shape index (κ2) is 7.63. The van der Waals surface area contributed by atoms with E-state index in [1.54, 1.807) is 11.8 Å². The maximum absolute atomic E-state index is 12.3. The monoisotopic (exact) mass is 432 g/mol.